The van der Waals surface area contributed by atoms with Gasteiger partial charge in [0.2, 0.25) is 17.7 Å². The molecule has 3 rings (SSSR count). The highest BCUT2D eigenvalue weighted by molar-refractivity contribution is 6.31. The third-order valence-corrected chi connectivity index (χ3v) is 6.06. The van der Waals surface area contributed by atoms with Crippen molar-refractivity contribution in [3.8, 4) is 0 Å². The Morgan fingerprint density at radius 3 is 2.83 bits per heavy atom. The quantitative estimate of drug-likeness (QED) is 0.661. The minimum Gasteiger partial charge on any atom is -0.352 e. The lowest BCUT2D eigenvalue weighted by Crippen LogP contribution is -2.40. The van der Waals surface area contributed by atoms with Crippen LogP contribution in [0.1, 0.15) is 56.9 Å². The Morgan fingerprint density at radius 1 is 1.23 bits per heavy atom. The second-order valence-electron chi connectivity index (χ2n) is 7.97. The first-order valence-corrected chi connectivity index (χ1v) is 11.0. The third kappa shape index (κ3) is 6.83. The summed E-state index contributed by atoms with van der Waals surface area (Å²) in [4.78, 5) is 37.8. The highest BCUT2D eigenvalue weighted by atomic mass is 35.5. The van der Waals surface area contributed by atoms with Crippen molar-refractivity contribution in [2.75, 3.05) is 13.1 Å². The zero-order valence-corrected chi connectivity index (χ0v) is 17.9. The average molecular weight is 433 g/mol. The first-order chi connectivity index (χ1) is 14.5. The van der Waals surface area contributed by atoms with Crippen molar-refractivity contribution < 1.29 is 14.4 Å². The lowest BCUT2D eigenvalue weighted by molar-refractivity contribution is -0.132. The number of carbonyl (C=O) groups is 3. The summed E-state index contributed by atoms with van der Waals surface area (Å²) in [6.45, 7) is 1.91. The minimum atomic E-state index is -0.0696. The molecule has 0 bridgehead atoms. The Kier molecular flexibility index (Phi) is 8.25. The Morgan fingerprint density at radius 2 is 2.07 bits per heavy atom. The number of hydrazone groups is 1. The van der Waals surface area contributed by atoms with Crippen LogP contribution in [0, 0.1) is 5.92 Å². The van der Waals surface area contributed by atoms with E-state index in [1.807, 2.05) is 29.2 Å². The molecule has 2 aliphatic heterocycles. The number of likely N-dealkylation sites (tertiary alicyclic amines) is 1. The minimum absolute atomic E-state index is 0.00993. The second-order valence-corrected chi connectivity index (χ2v) is 8.38. The van der Waals surface area contributed by atoms with Crippen LogP contribution in [0.25, 0.3) is 0 Å². The fraction of sp³-hybridized carbons (Fsp3) is 0.545. The molecule has 0 saturated carbocycles. The Labute approximate surface area is 182 Å². The normalized spacial score (nSPS) is 19.1. The molecule has 2 heterocycles. The van der Waals surface area contributed by atoms with E-state index in [1.165, 1.54) is 0 Å². The number of hydrogen-bond donors (Lipinski definition) is 2. The summed E-state index contributed by atoms with van der Waals surface area (Å²) >= 11 is 6.12. The standard InChI is InChI=1S/C22H29ClN4O3/c23-19-6-2-1-5-17(19)14-24-20(28)10-7-16-4-3-13-27(15-16)22(30)12-9-18-8-11-21(29)26-25-18/h1-2,5-6,16H,3-4,7-15H2,(H,24,28)(H,26,29)/t16-/m0/s1. The van der Waals surface area contributed by atoms with Crippen LogP contribution in [0.3, 0.4) is 0 Å². The van der Waals surface area contributed by atoms with Crippen LogP contribution >= 0.6 is 11.6 Å². The molecule has 30 heavy (non-hydrogen) atoms. The second kappa shape index (κ2) is 11.1. The van der Waals surface area contributed by atoms with E-state index in [4.69, 9.17) is 11.6 Å². The first kappa shape index (κ1) is 22.3. The maximum atomic E-state index is 12.6. The molecule has 7 nitrogen and oxygen atoms in total. The fourth-order valence-electron chi connectivity index (χ4n) is 3.89. The average Bonchev–Trinajstić information content (AvgIpc) is 2.76. The van der Waals surface area contributed by atoms with Crippen LogP contribution in [0.15, 0.2) is 29.4 Å². The van der Waals surface area contributed by atoms with E-state index in [2.05, 4.69) is 15.8 Å². The predicted molar refractivity (Wildman–Crippen MR) is 116 cm³/mol. The molecule has 1 fully saturated rings. The van der Waals surface area contributed by atoms with Gasteiger partial charge >= 0.3 is 0 Å². The number of benzene rings is 1. The van der Waals surface area contributed by atoms with E-state index in [1.54, 1.807) is 0 Å². The molecule has 2 N–H and O–H groups in total. The van der Waals surface area contributed by atoms with E-state index in [9.17, 15) is 14.4 Å². The SMILES string of the molecule is O=C(CC[C@@H]1CCCN(C(=O)CCC2=NNC(=O)CC2)C1)NCc1ccccc1Cl. The van der Waals surface area contributed by atoms with Crippen LogP contribution in [0.2, 0.25) is 5.02 Å². The smallest absolute Gasteiger partial charge is 0.240 e. The van der Waals surface area contributed by atoms with Gasteiger partial charge in [0.05, 0.1) is 0 Å². The zero-order valence-electron chi connectivity index (χ0n) is 17.2. The monoisotopic (exact) mass is 432 g/mol. The summed E-state index contributed by atoms with van der Waals surface area (Å²) in [5.74, 6) is 0.415. The van der Waals surface area contributed by atoms with Crippen molar-refractivity contribution in [2.24, 2.45) is 11.0 Å². The number of hydrogen-bond acceptors (Lipinski definition) is 4. The lowest BCUT2D eigenvalue weighted by Gasteiger charge is -2.33. The summed E-state index contributed by atoms with van der Waals surface area (Å²) in [7, 11) is 0. The highest BCUT2D eigenvalue weighted by Crippen LogP contribution is 2.22. The van der Waals surface area contributed by atoms with Gasteiger partial charge in [-0.2, -0.15) is 5.10 Å². The molecule has 1 aromatic carbocycles. The van der Waals surface area contributed by atoms with Gasteiger partial charge in [-0.05, 0) is 49.7 Å². The molecule has 1 atom stereocenters. The summed E-state index contributed by atoms with van der Waals surface area (Å²) in [6.07, 6.45) is 5.31. The summed E-state index contributed by atoms with van der Waals surface area (Å²) in [5.41, 5.74) is 4.26. The molecule has 1 aromatic rings. The van der Waals surface area contributed by atoms with Gasteiger partial charge < -0.3 is 10.2 Å². The van der Waals surface area contributed by atoms with Gasteiger partial charge in [0.15, 0.2) is 0 Å². The Balaban J connectivity index is 1.36. The number of amides is 3. The number of carbonyl (C=O) groups excluding carboxylic acids is 3. The highest BCUT2D eigenvalue weighted by Gasteiger charge is 2.24. The molecule has 162 valence electrons. The zero-order chi connectivity index (χ0) is 21.3. The van der Waals surface area contributed by atoms with E-state index >= 15 is 0 Å². The largest absolute Gasteiger partial charge is 0.352 e. The van der Waals surface area contributed by atoms with Crippen molar-refractivity contribution in [2.45, 2.75) is 57.9 Å². The van der Waals surface area contributed by atoms with Crippen LogP contribution in [-0.4, -0.2) is 41.4 Å². The predicted octanol–water partition coefficient (Wildman–Crippen LogP) is 3.02. The van der Waals surface area contributed by atoms with Crippen molar-refractivity contribution in [1.82, 2.24) is 15.6 Å². The van der Waals surface area contributed by atoms with E-state index in [0.717, 1.165) is 37.1 Å². The van der Waals surface area contributed by atoms with Crippen molar-refractivity contribution in [3.05, 3.63) is 34.9 Å². The number of rotatable bonds is 8. The van der Waals surface area contributed by atoms with Gasteiger partial charge in [-0.15, -0.1) is 0 Å². The Bertz CT molecular complexity index is 811. The van der Waals surface area contributed by atoms with Gasteiger partial charge in [0.1, 0.15) is 0 Å². The molecule has 8 heteroatoms. The number of nitrogens with one attached hydrogen (secondary N) is 2. The van der Waals surface area contributed by atoms with E-state index in [-0.39, 0.29) is 17.7 Å². The van der Waals surface area contributed by atoms with Gasteiger partial charge in [0.25, 0.3) is 0 Å². The van der Waals surface area contributed by atoms with Gasteiger partial charge in [-0.1, -0.05) is 29.8 Å². The summed E-state index contributed by atoms with van der Waals surface area (Å²) in [6, 6.07) is 7.48. The van der Waals surface area contributed by atoms with Gasteiger partial charge in [-0.3, -0.25) is 14.4 Å². The molecule has 0 spiro atoms. The van der Waals surface area contributed by atoms with E-state index < -0.39 is 0 Å². The van der Waals surface area contributed by atoms with Gasteiger partial charge in [-0.25, -0.2) is 5.43 Å². The number of nitrogens with zero attached hydrogens (tertiary/aromatic N) is 2. The number of halogens is 1. The topological polar surface area (TPSA) is 90.9 Å². The van der Waals surface area contributed by atoms with E-state index in [0.29, 0.717) is 56.1 Å². The van der Waals surface area contributed by atoms with Crippen LogP contribution in [0.5, 0.6) is 0 Å². The van der Waals surface area contributed by atoms with Crippen molar-refractivity contribution in [3.63, 3.8) is 0 Å². The number of piperidine rings is 1. The maximum Gasteiger partial charge on any atom is 0.240 e. The molecule has 0 aromatic heterocycles. The molecule has 0 aliphatic carbocycles. The van der Waals surface area contributed by atoms with Crippen molar-refractivity contribution >= 4 is 35.0 Å². The molecular weight excluding hydrogens is 404 g/mol. The Hall–Kier alpha value is -2.41. The van der Waals surface area contributed by atoms with Crippen LogP contribution in [-0.2, 0) is 20.9 Å². The molecular formula is C22H29ClN4O3. The van der Waals surface area contributed by atoms with Gasteiger partial charge in [0, 0.05) is 49.6 Å². The summed E-state index contributed by atoms with van der Waals surface area (Å²) < 4.78 is 0. The molecule has 0 unspecified atom stereocenters. The lowest BCUT2D eigenvalue weighted by atomic mass is 9.93. The van der Waals surface area contributed by atoms with Crippen LogP contribution < -0.4 is 10.7 Å². The maximum absolute atomic E-state index is 12.6. The van der Waals surface area contributed by atoms with Crippen molar-refractivity contribution in [1.29, 1.82) is 0 Å². The fourth-order valence-corrected chi connectivity index (χ4v) is 4.09. The molecule has 0 radical (unpaired) electrons. The molecule has 1 saturated heterocycles. The molecule has 3 amide bonds. The van der Waals surface area contributed by atoms with Crippen LogP contribution in [0.4, 0.5) is 0 Å². The molecule has 2 aliphatic rings. The third-order valence-electron chi connectivity index (χ3n) is 5.69. The summed E-state index contributed by atoms with van der Waals surface area (Å²) in [5, 5.41) is 7.61. The first-order valence-electron chi connectivity index (χ1n) is 10.6.